The SMILES string of the molecule is CCCCCCCCCCCC(=O)N(CC(=O)Nc1cc(C)on1)CC1CCCCC1. The summed E-state index contributed by atoms with van der Waals surface area (Å²) in [7, 11) is 0. The van der Waals surface area contributed by atoms with Crippen molar-refractivity contribution in [3.63, 3.8) is 0 Å². The van der Waals surface area contributed by atoms with Crippen LogP contribution in [0.1, 0.15) is 109 Å². The van der Waals surface area contributed by atoms with Crippen molar-refractivity contribution in [3.05, 3.63) is 11.8 Å². The minimum Gasteiger partial charge on any atom is -0.360 e. The van der Waals surface area contributed by atoms with Crippen LogP contribution in [0, 0.1) is 12.8 Å². The molecule has 2 rings (SSSR count). The Morgan fingerprint density at radius 1 is 1.03 bits per heavy atom. The predicted octanol–water partition coefficient (Wildman–Crippen LogP) is 6.25. The maximum Gasteiger partial charge on any atom is 0.245 e. The van der Waals surface area contributed by atoms with Crippen LogP contribution in [0.2, 0.25) is 0 Å². The van der Waals surface area contributed by atoms with Gasteiger partial charge >= 0.3 is 0 Å². The molecule has 0 atom stereocenters. The zero-order valence-electron chi connectivity index (χ0n) is 19.8. The Morgan fingerprint density at radius 3 is 2.29 bits per heavy atom. The molecule has 0 aliphatic heterocycles. The molecule has 1 fully saturated rings. The Bertz CT molecular complexity index is 638. The Balaban J connectivity index is 1.74. The Hall–Kier alpha value is -1.85. The third-order valence-corrected chi connectivity index (χ3v) is 6.28. The van der Waals surface area contributed by atoms with E-state index in [1.165, 1.54) is 64.2 Å². The van der Waals surface area contributed by atoms with E-state index in [0.717, 1.165) is 25.7 Å². The van der Waals surface area contributed by atoms with Crippen molar-refractivity contribution in [1.29, 1.82) is 0 Å². The number of hydrogen-bond donors (Lipinski definition) is 1. The van der Waals surface area contributed by atoms with E-state index in [1.54, 1.807) is 17.9 Å². The highest BCUT2D eigenvalue weighted by Crippen LogP contribution is 2.25. The molecule has 1 aliphatic rings. The molecule has 0 radical (unpaired) electrons. The van der Waals surface area contributed by atoms with Crippen molar-refractivity contribution in [2.45, 2.75) is 110 Å². The number of amides is 2. The zero-order valence-corrected chi connectivity index (χ0v) is 19.8. The minimum atomic E-state index is -0.204. The molecule has 0 aromatic carbocycles. The lowest BCUT2D eigenvalue weighted by molar-refractivity contribution is -0.135. The fourth-order valence-electron chi connectivity index (χ4n) is 4.46. The average molecular weight is 434 g/mol. The third kappa shape index (κ3) is 10.8. The van der Waals surface area contributed by atoms with E-state index in [9.17, 15) is 9.59 Å². The number of rotatable bonds is 15. The first-order valence-corrected chi connectivity index (χ1v) is 12.6. The van der Waals surface area contributed by atoms with Gasteiger partial charge in [0.25, 0.3) is 0 Å². The summed E-state index contributed by atoms with van der Waals surface area (Å²) < 4.78 is 5.01. The third-order valence-electron chi connectivity index (χ3n) is 6.28. The first-order chi connectivity index (χ1) is 15.1. The van der Waals surface area contributed by atoms with E-state index in [-0.39, 0.29) is 18.4 Å². The van der Waals surface area contributed by atoms with E-state index in [1.807, 2.05) is 0 Å². The lowest BCUT2D eigenvalue weighted by Crippen LogP contribution is -2.41. The summed E-state index contributed by atoms with van der Waals surface area (Å²) in [6.45, 7) is 4.82. The van der Waals surface area contributed by atoms with Gasteiger partial charge in [-0.05, 0) is 32.1 Å². The Morgan fingerprint density at radius 2 is 1.68 bits per heavy atom. The van der Waals surface area contributed by atoms with E-state index in [2.05, 4.69) is 17.4 Å². The number of nitrogens with one attached hydrogen (secondary N) is 1. The van der Waals surface area contributed by atoms with E-state index < -0.39 is 0 Å². The van der Waals surface area contributed by atoms with Gasteiger partial charge in [0, 0.05) is 19.0 Å². The molecule has 6 heteroatoms. The molecule has 1 aliphatic carbocycles. The maximum atomic E-state index is 12.9. The molecule has 0 spiro atoms. The van der Waals surface area contributed by atoms with Crippen LogP contribution in [-0.2, 0) is 9.59 Å². The zero-order chi connectivity index (χ0) is 22.3. The van der Waals surface area contributed by atoms with Gasteiger partial charge in [-0.1, -0.05) is 82.7 Å². The molecule has 1 heterocycles. The summed E-state index contributed by atoms with van der Waals surface area (Å²) in [5, 5.41) is 6.57. The standard InChI is InChI=1S/C25H43N3O3/c1-3-4-5-6-7-8-9-10-14-17-25(30)28(19-22-15-12-11-13-16-22)20-24(29)26-23-18-21(2)31-27-23/h18,22H,3-17,19-20H2,1-2H3,(H,26,27,29). The number of unbranched alkanes of at least 4 members (excludes halogenated alkanes) is 8. The van der Waals surface area contributed by atoms with Crippen LogP contribution in [0.4, 0.5) is 5.82 Å². The normalized spacial score (nSPS) is 14.5. The Kier molecular flexibility index (Phi) is 12.3. The van der Waals surface area contributed by atoms with Gasteiger partial charge in [-0.25, -0.2) is 0 Å². The van der Waals surface area contributed by atoms with Crippen molar-refractivity contribution in [3.8, 4) is 0 Å². The van der Waals surface area contributed by atoms with Gasteiger partial charge in [0.2, 0.25) is 11.8 Å². The summed E-state index contributed by atoms with van der Waals surface area (Å²) >= 11 is 0. The number of carbonyl (C=O) groups is 2. The van der Waals surface area contributed by atoms with Crippen molar-refractivity contribution >= 4 is 17.6 Å². The van der Waals surface area contributed by atoms with Crippen LogP contribution in [0.5, 0.6) is 0 Å². The highest BCUT2D eigenvalue weighted by molar-refractivity contribution is 5.93. The highest BCUT2D eigenvalue weighted by Gasteiger charge is 2.23. The molecule has 31 heavy (non-hydrogen) atoms. The molecule has 1 N–H and O–H groups in total. The number of carbonyl (C=O) groups excluding carboxylic acids is 2. The molecule has 1 saturated carbocycles. The van der Waals surface area contributed by atoms with Gasteiger partial charge < -0.3 is 14.7 Å². The predicted molar refractivity (Wildman–Crippen MR) is 125 cm³/mol. The highest BCUT2D eigenvalue weighted by atomic mass is 16.5. The van der Waals surface area contributed by atoms with Gasteiger partial charge in [-0.2, -0.15) is 0 Å². The molecular formula is C25H43N3O3. The number of hydrogen-bond acceptors (Lipinski definition) is 4. The maximum absolute atomic E-state index is 12.9. The summed E-state index contributed by atoms with van der Waals surface area (Å²) in [6.07, 6.45) is 17.7. The van der Waals surface area contributed by atoms with E-state index in [0.29, 0.717) is 30.5 Å². The Labute approximate surface area is 188 Å². The topological polar surface area (TPSA) is 75.4 Å². The van der Waals surface area contributed by atoms with Crippen LogP contribution < -0.4 is 5.32 Å². The van der Waals surface area contributed by atoms with Crippen molar-refractivity contribution in [2.24, 2.45) is 5.92 Å². The molecule has 0 unspecified atom stereocenters. The fourth-order valence-corrected chi connectivity index (χ4v) is 4.46. The smallest absolute Gasteiger partial charge is 0.245 e. The molecule has 0 saturated heterocycles. The van der Waals surface area contributed by atoms with Crippen LogP contribution in [-0.4, -0.2) is 35.0 Å². The monoisotopic (exact) mass is 433 g/mol. The summed E-state index contributed by atoms with van der Waals surface area (Å²) in [6, 6.07) is 1.69. The molecule has 176 valence electrons. The summed E-state index contributed by atoms with van der Waals surface area (Å²) in [4.78, 5) is 27.2. The summed E-state index contributed by atoms with van der Waals surface area (Å²) in [5.41, 5.74) is 0. The van der Waals surface area contributed by atoms with Crippen LogP contribution in [0.25, 0.3) is 0 Å². The largest absolute Gasteiger partial charge is 0.360 e. The molecule has 2 amide bonds. The molecule has 1 aromatic heterocycles. The lowest BCUT2D eigenvalue weighted by Gasteiger charge is -2.29. The second-order valence-corrected chi connectivity index (χ2v) is 9.23. The van der Waals surface area contributed by atoms with Gasteiger partial charge in [-0.3, -0.25) is 9.59 Å². The van der Waals surface area contributed by atoms with Crippen LogP contribution in [0.3, 0.4) is 0 Å². The number of anilines is 1. The molecule has 6 nitrogen and oxygen atoms in total. The van der Waals surface area contributed by atoms with Gasteiger partial charge in [0.15, 0.2) is 5.82 Å². The van der Waals surface area contributed by atoms with Gasteiger partial charge in [-0.15, -0.1) is 0 Å². The fraction of sp³-hybridized carbons (Fsp3) is 0.800. The van der Waals surface area contributed by atoms with Crippen LogP contribution in [0.15, 0.2) is 10.6 Å². The van der Waals surface area contributed by atoms with E-state index in [4.69, 9.17) is 4.52 Å². The minimum absolute atomic E-state index is 0.0959. The number of aromatic nitrogens is 1. The van der Waals surface area contributed by atoms with Crippen molar-refractivity contribution in [1.82, 2.24) is 10.1 Å². The first kappa shape index (κ1) is 25.4. The molecule has 1 aromatic rings. The summed E-state index contributed by atoms with van der Waals surface area (Å²) in [5.74, 6) is 1.48. The van der Waals surface area contributed by atoms with Crippen molar-refractivity contribution < 1.29 is 14.1 Å². The second kappa shape index (κ2) is 15.0. The van der Waals surface area contributed by atoms with Gasteiger partial charge in [0.1, 0.15) is 5.76 Å². The number of aryl methyl sites for hydroxylation is 1. The first-order valence-electron chi connectivity index (χ1n) is 12.6. The van der Waals surface area contributed by atoms with Crippen molar-refractivity contribution in [2.75, 3.05) is 18.4 Å². The van der Waals surface area contributed by atoms with E-state index >= 15 is 0 Å². The van der Waals surface area contributed by atoms with Gasteiger partial charge in [0.05, 0.1) is 6.54 Å². The lowest BCUT2D eigenvalue weighted by atomic mass is 9.89. The number of nitrogens with zero attached hydrogens (tertiary/aromatic N) is 2. The van der Waals surface area contributed by atoms with Crippen LogP contribution >= 0.6 is 0 Å². The molecule has 0 bridgehead atoms. The quantitative estimate of drug-likeness (QED) is 0.332. The second-order valence-electron chi connectivity index (χ2n) is 9.23. The average Bonchev–Trinajstić information content (AvgIpc) is 3.17. The molecular weight excluding hydrogens is 390 g/mol.